The number of benzene rings is 1. The molecule has 0 aliphatic carbocycles. The minimum absolute atomic E-state index is 0.635. The van der Waals surface area contributed by atoms with Crippen LogP contribution >= 0.6 is 0 Å². The molecule has 0 atom stereocenters. The summed E-state index contributed by atoms with van der Waals surface area (Å²) in [5, 5.41) is 0. The molecule has 1 aromatic rings. The molecule has 0 fully saturated rings. The van der Waals surface area contributed by atoms with E-state index in [1.54, 1.807) is 7.11 Å². The summed E-state index contributed by atoms with van der Waals surface area (Å²) in [5.74, 6) is 0.635. The lowest BCUT2D eigenvalue weighted by Gasteiger charge is -2.11. The lowest BCUT2D eigenvalue weighted by Crippen LogP contribution is -1.91. The number of aliphatic imine (C=N–C) groups is 1. The molecule has 0 bridgehead atoms. The maximum Gasteiger partial charge on any atom is 0.121 e. The number of methoxy groups -OCH3 is 1. The van der Waals surface area contributed by atoms with Crippen molar-refractivity contribution < 1.29 is 4.74 Å². The van der Waals surface area contributed by atoms with Crippen LogP contribution in [0.3, 0.4) is 0 Å². The van der Waals surface area contributed by atoms with Crippen LogP contribution in [0.4, 0.5) is 5.69 Å². The van der Waals surface area contributed by atoms with Crippen molar-refractivity contribution in [3.8, 4) is 0 Å². The van der Waals surface area contributed by atoms with Crippen molar-refractivity contribution in [2.24, 2.45) is 4.99 Å². The van der Waals surface area contributed by atoms with Gasteiger partial charge in [-0.15, -0.1) is 0 Å². The van der Waals surface area contributed by atoms with Gasteiger partial charge in [-0.3, -0.25) is 4.99 Å². The van der Waals surface area contributed by atoms with Gasteiger partial charge in [-0.2, -0.15) is 0 Å². The molecule has 0 radical (unpaired) electrons. The molecule has 0 saturated heterocycles. The number of hydrogen-bond acceptors (Lipinski definition) is 2. The highest BCUT2D eigenvalue weighted by Gasteiger charge is 2.08. The van der Waals surface area contributed by atoms with Crippen molar-refractivity contribution in [2.75, 3.05) is 7.11 Å². The summed E-state index contributed by atoms with van der Waals surface area (Å²) in [6.45, 7) is 13.6. The van der Waals surface area contributed by atoms with Gasteiger partial charge in [0.05, 0.1) is 12.8 Å². The Labute approximate surface area is 105 Å². The molecule has 0 heterocycles. The van der Waals surface area contributed by atoms with Gasteiger partial charge >= 0.3 is 0 Å². The second kappa shape index (κ2) is 8.57. The molecule has 0 spiro atoms. The van der Waals surface area contributed by atoms with Crippen LogP contribution in [0.15, 0.2) is 29.8 Å². The second-order valence-corrected chi connectivity index (χ2v) is 3.35. The van der Waals surface area contributed by atoms with E-state index in [9.17, 15) is 0 Å². The van der Waals surface area contributed by atoms with E-state index in [2.05, 4.69) is 31.3 Å². The summed E-state index contributed by atoms with van der Waals surface area (Å²) in [5.41, 5.74) is 3.02. The van der Waals surface area contributed by atoms with Crippen molar-refractivity contribution in [3.05, 3.63) is 35.9 Å². The summed E-state index contributed by atoms with van der Waals surface area (Å²) in [7, 11) is 1.61. The first-order valence-corrected chi connectivity index (χ1v) is 6.06. The first kappa shape index (κ1) is 15.4. The molecule has 0 aliphatic rings. The van der Waals surface area contributed by atoms with E-state index in [0.717, 1.165) is 24.1 Å². The van der Waals surface area contributed by atoms with Gasteiger partial charge in [-0.1, -0.05) is 45.9 Å². The lowest BCUT2D eigenvalue weighted by atomic mass is 10.0. The molecule has 1 aromatic carbocycles. The number of hydrogen-bond donors (Lipinski definition) is 0. The minimum atomic E-state index is 0.635. The third-order valence-electron chi connectivity index (χ3n) is 2.34. The van der Waals surface area contributed by atoms with Gasteiger partial charge in [-0.05, 0) is 24.8 Å². The fourth-order valence-corrected chi connectivity index (χ4v) is 1.58. The third-order valence-corrected chi connectivity index (χ3v) is 2.34. The van der Waals surface area contributed by atoms with Crippen LogP contribution in [0, 0.1) is 0 Å². The topological polar surface area (TPSA) is 21.6 Å². The van der Waals surface area contributed by atoms with Crippen LogP contribution in [0.1, 0.15) is 38.3 Å². The molecule has 94 valence electrons. The van der Waals surface area contributed by atoms with Gasteiger partial charge in [0.15, 0.2) is 0 Å². The number of rotatable bonds is 5. The van der Waals surface area contributed by atoms with Crippen LogP contribution in [0.5, 0.6) is 0 Å². The van der Waals surface area contributed by atoms with Crippen molar-refractivity contribution in [1.82, 2.24) is 0 Å². The predicted molar refractivity (Wildman–Crippen MR) is 77.0 cm³/mol. The molecule has 17 heavy (non-hydrogen) atoms. The maximum atomic E-state index is 5.13. The van der Waals surface area contributed by atoms with E-state index in [1.165, 1.54) is 5.56 Å². The normalized spacial score (nSPS) is 8.94. The molecule has 0 unspecified atom stereocenters. The van der Waals surface area contributed by atoms with E-state index in [0.29, 0.717) is 5.76 Å². The van der Waals surface area contributed by atoms with Crippen molar-refractivity contribution in [1.29, 1.82) is 0 Å². The van der Waals surface area contributed by atoms with Crippen LogP contribution in [-0.2, 0) is 11.2 Å². The van der Waals surface area contributed by atoms with Gasteiger partial charge in [0, 0.05) is 5.56 Å². The van der Waals surface area contributed by atoms with E-state index >= 15 is 0 Å². The number of aryl methyl sites for hydroxylation is 1. The molecule has 0 saturated carbocycles. The molecular formula is C15H23NO. The number of nitrogens with zero attached hydrogens (tertiary/aromatic N) is 1. The largest absolute Gasteiger partial charge is 0.497 e. The summed E-state index contributed by atoms with van der Waals surface area (Å²) in [4.78, 5) is 4.07. The second-order valence-electron chi connectivity index (χ2n) is 3.35. The Balaban J connectivity index is 0.00000121. The van der Waals surface area contributed by atoms with E-state index in [1.807, 2.05) is 26.0 Å². The highest BCUT2D eigenvalue weighted by atomic mass is 16.5. The summed E-state index contributed by atoms with van der Waals surface area (Å²) >= 11 is 0. The molecular weight excluding hydrogens is 210 g/mol. The Morgan fingerprint density at radius 1 is 1.35 bits per heavy atom. The van der Waals surface area contributed by atoms with Crippen molar-refractivity contribution in [2.45, 2.75) is 33.6 Å². The Kier molecular flexibility index (Phi) is 7.78. The molecule has 0 aromatic heterocycles. The molecule has 0 aliphatic heterocycles. The zero-order valence-corrected chi connectivity index (χ0v) is 11.4. The van der Waals surface area contributed by atoms with Gasteiger partial charge in [-0.25, -0.2) is 0 Å². The van der Waals surface area contributed by atoms with E-state index in [4.69, 9.17) is 4.74 Å². The van der Waals surface area contributed by atoms with Crippen molar-refractivity contribution in [3.63, 3.8) is 0 Å². The summed E-state index contributed by atoms with van der Waals surface area (Å²) in [6, 6.07) is 6.02. The summed E-state index contributed by atoms with van der Waals surface area (Å²) in [6.07, 6.45) is 2.09. The van der Waals surface area contributed by atoms with Crippen LogP contribution < -0.4 is 0 Å². The maximum absolute atomic E-state index is 5.13. The van der Waals surface area contributed by atoms with Gasteiger partial charge in [0.1, 0.15) is 5.76 Å². The highest BCUT2D eigenvalue weighted by molar-refractivity contribution is 5.73. The van der Waals surface area contributed by atoms with Crippen molar-refractivity contribution >= 4 is 18.2 Å². The quantitative estimate of drug-likeness (QED) is 0.537. The Bertz CT molecular complexity index is 369. The fraction of sp³-hybridized carbons (Fsp3) is 0.400. The average Bonchev–Trinajstić information content (AvgIpc) is 2.40. The van der Waals surface area contributed by atoms with Gasteiger partial charge < -0.3 is 4.74 Å². The Morgan fingerprint density at radius 2 is 2.00 bits per heavy atom. The predicted octanol–water partition coefficient (Wildman–Crippen LogP) is 4.61. The van der Waals surface area contributed by atoms with Gasteiger partial charge in [0.2, 0.25) is 0 Å². The van der Waals surface area contributed by atoms with Gasteiger partial charge in [0.25, 0.3) is 0 Å². The van der Waals surface area contributed by atoms with Crippen LogP contribution in [-0.4, -0.2) is 13.8 Å². The minimum Gasteiger partial charge on any atom is -0.497 e. The monoisotopic (exact) mass is 233 g/mol. The molecule has 2 heteroatoms. The number of ether oxygens (including phenoxy) is 1. The summed E-state index contributed by atoms with van der Waals surface area (Å²) < 4.78 is 5.13. The average molecular weight is 233 g/mol. The molecule has 1 rings (SSSR count). The smallest absolute Gasteiger partial charge is 0.121 e. The van der Waals surface area contributed by atoms with E-state index < -0.39 is 0 Å². The first-order valence-electron chi connectivity index (χ1n) is 6.06. The first-order chi connectivity index (χ1) is 8.24. The molecule has 0 N–H and O–H groups in total. The zero-order valence-electron chi connectivity index (χ0n) is 11.4. The molecule has 0 amide bonds. The highest BCUT2D eigenvalue weighted by Crippen LogP contribution is 2.30. The standard InChI is InChI=1S/C13H17NO.C2H6/c1-5-7-11-8-6-9-12(10(2)15-4)13(11)14-3;1-2/h6,8-9H,2-3,5,7H2,1,4H3;1-2H3. The van der Waals surface area contributed by atoms with Crippen LogP contribution in [0.25, 0.3) is 5.76 Å². The molecule has 2 nitrogen and oxygen atoms in total. The lowest BCUT2D eigenvalue weighted by molar-refractivity contribution is 0.371. The third kappa shape index (κ3) is 4.06. The SMILES string of the molecule is C=Nc1c(CCC)cccc1C(=C)OC.CC. The van der Waals surface area contributed by atoms with Crippen LogP contribution in [0.2, 0.25) is 0 Å². The zero-order chi connectivity index (χ0) is 13.3. The van der Waals surface area contributed by atoms with E-state index in [-0.39, 0.29) is 0 Å². The Hall–Kier alpha value is -1.57. The Morgan fingerprint density at radius 3 is 2.47 bits per heavy atom. The fourth-order valence-electron chi connectivity index (χ4n) is 1.58. The number of para-hydroxylation sites is 1.